The molecule has 1 aromatic heterocycles. The number of carbonyl (C=O) groups excluding carboxylic acids is 1. The summed E-state index contributed by atoms with van der Waals surface area (Å²) in [5.74, 6) is -0.992. The van der Waals surface area contributed by atoms with E-state index in [0.29, 0.717) is 24.4 Å². The molecule has 0 aliphatic heterocycles. The van der Waals surface area contributed by atoms with Crippen LogP contribution in [0.15, 0.2) is 38.8 Å². The van der Waals surface area contributed by atoms with Crippen LogP contribution in [-0.2, 0) is 4.74 Å². The number of rotatable bonds is 8. The van der Waals surface area contributed by atoms with Gasteiger partial charge < -0.3 is 14.7 Å². The Morgan fingerprint density at radius 3 is 2.44 bits per heavy atom. The van der Waals surface area contributed by atoms with Crippen molar-refractivity contribution in [1.82, 2.24) is 14.9 Å². The van der Waals surface area contributed by atoms with Gasteiger partial charge in [-0.25, -0.2) is 9.59 Å². The number of hydrogen-bond acceptors (Lipinski definition) is 7. The van der Waals surface area contributed by atoms with Gasteiger partial charge in [0.2, 0.25) is 5.88 Å². The topological polar surface area (TPSA) is 128 Å². The maximum absolute atomic E-state index is 12.0. The second-order valence-corrected chi connectivity index (χ2v) is 5.64. The standard InChI is InChI=1S/C18H22N4O5/c1-3-22(4-2)9-10-27-17(25)12-5-7-13(8-6-12)19-11-14-15(23)20-18(26)21-16(14)24/h5-8,11H,3-4,9-10H2,1-2H3,(H3,20,21,23,24,26). The summed E-state index contributed by atoms with van der Waals surface area (Å²) in [4.78, 5) is 44.9. The number of likely N-dealkylation sites (N-methyl/N-ethyl adjacent to an activating group) is 1. The van der Waals surface area contributed by atoms with Gasteiger partial charge in [0.25, 0.3) is 5.56 Å². The quantitative estimate of drug-likeness (QED) is 0.467. The molecule has 0 spiro atoms. The summed E-state index contributed by atoms with van der Waals surface area (Å²) in [5, 5.41) is 9.59. The lowest BCUT2D eigenvalue weighted by atomic mass is 10.2. The minimum Gasteiger partial charge on any atom is -0.494 e. The number of carbonyl (C=O) groups is 1. The first-order chi connectivity index (χ1) is 12.9. The Labute approximate surface area is 155 Å². The number of ether oxygens (including phenoxy) is 1. The normalized spacial score (nSPS) is 11.2. The van der Waals surface area contributed by atoms with E-state index in [1.807, 2.05) is 18.8 Å². The molecule has 0 fully saturated rings. The van der Waals surface area contributed by atoms with Crippen LogP contribution in [0.2, 0.25) is 0 Å². The molecule has 0 radical (unpaired) electrons. The van der Waals surface area contributed by atoms with Crippen LogP contribution in [0.3, 0.4) is 0 Å². The van der Waals surface area contributed by atoms with E-state index in [4.69, 9.17) is 4.74 Å². The molecule has 3 N–H and O–H groups in total. The molecule has 0 aliphatic carbocycles. The molecule has 0 saturated carbocycles. The number of esters is 1. The highest BCUT2D eigenvalue weighted by molar-refractivity contribution is 5.90. The van der Waals surface area contributed by atoms with Crippen LogP contribution >= 0.6 is 0 Å². The van der Waals surface area contributed by atoms with Crippen molar-refractivity contribution in [3.63, 3.8) is 0 Å². The predicted octanol–water partition coefficient (Wildman–Crippen LogP) is 1.02. The van der Waals surface area contributed by atoms with Crippen LogP contribution in [0.1, 0.15) is 29.8 Å². The first-order valence-electron chi connectivity index (χ1n) is 8.53. The highest BCUT2D eigenvalue weighted by Gasteiger charge is 2.08. The summed E-state index contributed by atoms with van der Waals surface area (Å²) < 4.78 is 5.24. The number of nitrogens with one attached hydrogen (secondary N) is 2. The maximum atomic E-state index is 12.0. The monoisotopic (exact) mass is 374 g/mol. The van der Waals surface area contributed by atoms with Crippen molar-refractivity contribution in [2.24, 2.45) is 4.99 Å². The van der Waals surface area contributed by atoms with E-state index >= 15 is 0 Å². The third-order valence-electron chi connectivity index (χ3n) is 3.94. The molecular formula is C18H22N4O5. The summed E-state index contributed by atoms with van der Waals surface area (Å²) in [6.07, 6.45) is 1.13. The summed E-state index contributed by atoms with van der Waals surface area (Å²) in [6.45, 7) is 6.88. The van der Waals surface area contributed by atoms with Crippen molar-refractivity contribution >= 4 is 17.9 Å². The average Bonchev–Trinajstić information content (AvgIpc) is 2.64. The Morgan fingerprint density at radius 1 is 1.19 bits per heavy atom. The van der Waals surface area contributed by atoms with Crippen LogP contribution in [0.25, 0.3) is 0 Å². The van der Waals surface area contributed by atoms with Gasteiger partial charge in [0.05, 0.1) is 11.3 Å². The Kier molecular flexibility index (Phi) is 7.07. The van der Waals surface area contributed by atoms with Crippen molar-refractivity contribution in [1.29, 1.82) is 0 Å². The molecule has 0 amide bonds. The first-order valence-corrected chi connectivity index (χ1v) is 8.53. The molecule has 0 bridgehead atoms. The largest absolute Gasteiger partial charge is 0.494 e. The van der Waals surface area contributed by atoms with Crippen LogP contribution in [-0.4, -0.2) is 58.4 Å². The summed E-state index contributed by atoms with van der Waals surface area (Å²) in [5.41, 5.74) is -0.890. The summed E-state index contributed by atoms with van der Waals surface area (Å²) in [6, 6.07) is 6.27. The van der Waals surface area contributed by atoms with Gasteiger partial charge in [-0.15, -0.1) is 0 Å². The van der Waals surface area contributed by atoms with Gasteiger partial charge in [-0.1, -0.05) is 13.8 Å². The van der Waals surface area contributed by atoms with Crippen LogP contribution in [0, 0.1) is 0 Å². The molecule has 0 atom stereocenters. The zero-order valence-electron chi connectivity index (χ0n) is 15.2. The lowest BCUT2D eigenvalue weighted by molar-refractivity contribution is 0.0466. The molecule has 9 nitrogen and oxygen atoms in total. The Bertz CT molecular complexity index is 911. The highest BCUT2D eigenvalue weighted by Crippen LogP contribution is 2.14. The zero-order valence-corrected chi connectivity index (χ0v) is 15.2. The highest BCUT2D eigenvalue weighted by atomic mass is 16.5. The Morgan fingerprint density at radius 2 is 1.85 bits per heavy atom. The SMILES string of the molecule is CCN(CC)CCOC(=O)c1ccc(N=Cc2c(O)[nH]c(=O)[nH]c2=O)cc1. The number of aromatic hydroxyl groups is 1. The van der Waals surface area contributed by atoms with Gasteiger partial charge in [-0.05, 0) is 37.4 Å². The van der Waals surface area contributed by atoms with Crippen LogP contribution in [0.5, 0.6) is 5.88 Å². The zero-order chi connectivity index (χ0) is 19.8. The fourth-order valence-corrected chi connectivity index (χ4v) is 2.32. The Hall–Kier alpha value is -3.20. The van der Waals surface area contributed by atoms with E-state index in [2.05, 4.69) is 14.9 Å². The molecule has 0 unspecified atom stereocenters. The molecule has 2 aromatic rings. The number of H-pyrrole nitrogens is 2. The number of benzene rings is 1. The van der Waals surface area contributed by atoms with Crippen molar-refractivity contribution in [2.75, 3.05) is 26.2 Å². The smallest absolute Gasteiger partial charge is 0.338 e. The Balaban J connectivity index is 2.00. The van der Waals surface area contributed by atoms with Gasteiger partial charge in [0, 0.05) is 12.8 Å². The van der Waals surface area contributed by atoms with Crippen molar-refractivity contribution < 1.29 is 14.6 Å². The first kappa shape index (κ1) is 20.1. The molecule has 0 saturated heterocycles. The van der Waals surface area contributed by atoms with E-state index in [1.165, 1.54) is 0 Å². The molecule has 1 heterocycles. The summed E-state index contributed by atoms with van der Waals surface area (Å²) in [7, 11) is 0. The third kappa shape index (κ3) is 5.65. The lowest BCUT2D eigenvalue weighted by Crippen LogP contribution is -2.27. The number of aromatic nitrogens is 2. The number of hydrogen-bond donors (Lipinski definition) is 3. The average molecular weight is 374 g/mol. The van der Waals surface area contributed by atoms with Crippen molar-refractivity contribution in [3.05, 3.63) is 56.2 Å². The van der Waals surface area contributed by atoms with Gasteiger partial charge >= 0.3 is 11.7 Å². The predicted molar refractivity (Wildman–Crippen MR) is 101 cm³/mol. The van der Waals surface area contributed by atoms with E-state index in [9.17, 15) is 19.5 Å². The molecule has 1 aromatic carbocycles. The van der Waals surface area contributed by atoms with Crippen LogP contribution < -0.4 is 11.2 Å². The van der Waals surface area contributed by atoms with Gasteiger partial charge in [-0.3, -0.25) is 19.8 Å². The molecule has 27 heavy (non-hydrogen) atoms. The number of aromatic amines is 2. The molecular weight excluding hydrogens is 352 g/mol. The second-order valence-electron chi connectivity index (χ2n) is 5.64. The fraction of sp³-hybridized carbons (Fsp3) is 0.333. The van der Waals surface area contributed by atoms with E-state index < -0.39 is 23.1 Å². The summed E-state index contributed by atoms with van der Waals surface area (Å²) >= 11 is 0. The van der Waals surface area contributed by atoms with Gasteiger partial charge in [-0.2, -0.15) is 0 Å². The second kappa shape index (κ2) is 9.48. The van der Waals surface area contributed by atoms with E-state index in [0.717, 1.165) is 19.3 Å². The number of aliphatic imine (C=N–C) groups is 1. The van der Waals surface area contributed by atoms with E-state index in [1.54, 1.807) is 24.3 Å². The lowest BCUT2D eigenvalue weighted by Gasteiger charge is -2.17. The maximum Gasteiger partial charge on any atom is 0.338 e. The number of nitrogens with zero attached hydrogens (tertiary/aromatic N) is 2. The van der Waals surface area contributed by atoms with Gasteiger partial charge in [0.15, 0.2) is 0 Å². The fourth-order valence-electron chi connectivity index (χ4n) is 2.32. The van der Waals surface area contributed by atoms with Crippen molar-refractivity contribution in [3.8, 4) is 5.88 Å². The molecule has 2 rings (SSSR count). The molecule has 9 heteroatoms. The van der Waals surface area contributed by atoms with E-state index in [-0.39, 0.29) is 5.56 Å². The van der Waals surface area contributed by atoms with Crippen molar-refractivity contribution in [2.45, 2.75) is 13.8 Å². The van der Waals surface area contributed by atoms with Crippen LogP contribution in [0.4, 0.5) is 5.69 Å². The van der Waals surface area contributed by atoms with Gasteiger partial charge in [0.1, 0.15) is 12.2 Å². The minimum absolute atomic E-state index is 0.172. The molecule has 0 aliphatic rings. The molecule has 144 valence electrons. The third-order valence-corrected chi connectivity index (χ3v) is 3.94. The minimum atomic E-state index is -0.807.